The Morgan fingerprint density at radius 1 is 0.257 bits per heavy atom. The molecule has 0 fully saturated rings. The zero-order chi connectivity index (χ0) is 48.7. The van der Waals surface area contributed by atoms with Crippen LogP contribution in [0.1, 0.15) is 0 Å². The van der Waals surface area contributed by atoms with E-state index in [0.29, 0.717) is 0 Å². The molecule has 11 aromatic rings. The van der Waals surface area contributed by atoms with E-state index in [1.165, 1.54) is 73.4 Å². The molecule has 346 valence electrons. The van der Waals surface area contributed by atoms with Crippen LogP contribution in [-0.2, 0) is 0 Å². The molecular formula is C66H44B2N4Se2. The summed E-state index contributed by atoms with van der Waals surface area (Å²) in [5, 5.41) is 0. The number of fused-ring (bicyclic) bond motifs is 8. The molecule has 8 heteroatoms. The van der Waals surface area contributed by atoms with Gasteiger partial charge in [0, 0.05) is 0 Å². The van der Waals surface area contributed by atoms with Crippen molar-refractivity contribution in [3.8, 4) is 0 Å². The maximum atomic E-state index is 2.65. The van der Waals surface area contributed by atoms with Gasteiger partial charge in [-0.1, -0.05) is 0 Å². The van der Waals surface area contributed by atoms with Crippen molar-refractivity contribution in [2.45, 2.75) is 0 Å². The number of nitrogens with zero attached hydrogens (tertiary/aromatic N) is 4. The summed E-state index contributed by atoms with van der Waals surface area (Å²) >= 11 is 0.126. The summed E-state index contributed by atoms with van der Waals surface area (Å²) in [6, 6.07) is 99.5. The average Bonchev–Trinajstić information content (AvgIpc) is 3.51. The molecule has 11 aromatic carbocycles. The van der Waals surface area contributed by atoms with Gasteiger partial charge in [-0.15, -0.1) is 0 Å². The molecule has 0 bridgehead atoms. The van der Waals surface area contributed by atoms with Crippen molar-refractivity contribution in [2.24, 2.45) is 0 Å². The Kier molecular flexibility index (Phi) is 10.4. The van der Waals surface area contributed by atoms with Crippen LogP contribution in [0.5, 0.6) is 0 Å². The van der Waals surface area contributed by atoms with Gasteiger partial charge < -0.3 is 0 Å². The summed E-state index contributed by atoms with van der Waals surface area (Å²) in [6.07, 6.45) is 0. The first-order valence-electron chi connectivity index (χ1n) is 25.3. The fourth-order valence-electron chi connectivity index (χ4n) is 12.0. The van der Waals surface area contributed by atoms with Crippen molar-refractivity contribution in [3.63, 3.8) is 0 Å². The average molecular weight is 1070 g/mol. The molecule has 74 heavy (non-hydrogen) atoms. The van der Waals surface area contributed by atoms with Gasteiger partial charge in [-0.2, -0.15) is 0 Å². The molecular weight excluding hydrogens is 1030 g/mol. The normalized spacial score (nSPS) is 13.2. The first-order valence-corrected chi connectivity index (χ1v) is 28.7. The second kappa shape index (κ2) is 17.8. The molecule has 0 atom stereocenters. The van der Waals surface area contributed by atoms with Crippen molar-refractivity contribution in [1.29, 1.82) is 0 Å². The van der Waals surface area contributed by atoms with Crippen LogP contribution in [0.4, 0.5) is 68.2 Å². The van der Waals surface area contributed by atoms with E-state index in [1.807, 2.05) is 0 Å². The molecule has 4 aliphatic heterocycles. The molecule has 0 spiro atoms. The molecule has 15 rings (SSSR count). The first-order chi connectivity index (χ1) is 36.7. The number of hydrogen-bond acceptors (Lipinski definition) is 4. The van der Waals surface area contributed by atoms with E-state index in [2.05, 4.69) is 287 Å². The number of hydrogen-bond donors (Lipinski definition) is 0. The summed E-state index contributed by atoms with van der Waals surface area (Å²) < 4.78 is 5.74. The van der Waals surface area contributed by atoms with Crippen LogP contribution in [0.2, 0.25) is 0 Å². The topological polar surface area (TPSA) is 13.0 Å². The molecule has 0 amide bonds. The van der Waals surface area contributed by atoms with E-state index >= 15 is 0 Å². The second-order valence-electron chi connectivity index (χ2n) is 19.2. The molecule has 4 aliphatic rings. The number of para-hydroxylation sites is 6. The van der Waals surface area contributed by atoms with E-state index in [4.69, 9.17) is 0 Å². The SMILES string of the molecule is c1ccc(N(c2ccccc2)c2cc3c4c(c2)N(c2ccccc2)c2cc5c(cc2B4c2ccccc2[Se]3)B2c3ccccc3[Se]c3cc(N(c4ccccc4)c4ccccc4)cc(c32)N5c2ccccc2)cc1. The Morgan fingerprint density at radius 2 is 0.581 bits per heavy atom. The summed E-state index contributed by atoms with van der Waals surface area (Å²) in [6.45, 7) is 0.0645. The third-order valence-electron chi connectivity index (χ3n) is 15.1. The number of rotatable bonds is 8. The predicted molar refractivity (Wildman–Crippen MR) is 317 cm³/mol. The van der Waals surface area contributed by atoms with Crippen LogP contribution in [0.3, 0.4) is 0 Å². The molecule has 0 saturated heterocycles. The minimum atomic E-state index is 0.0322. The van der Waals surface area contributed by atoms with Gasteiger partial charge in [0.15, 0.2) is 0 Å². The summed E-state index contributed by atoms with van der Waals surface area (Å²) in [7, 11) is 0. The fourth-order valence-corrected chi connectivity index (χ4v) is 17.1. The number of anilines is 12. The summed E-state index contributed by atoms with van der Waals surface area (Å²) in [5.41, 5.74) is 22.3. The van der Waals surface area contributed by atoms with Crippen LogP contribution in [-0.4, -0.2) is 43.3 Å². The van der Waals surface area contributed by atoms with Crippen molar-refractivity contribution >= 4 is 162 Å². The Bertz CT molecular complexity index is 3610. The van der Waals surface area contributed by atoms with E-state index in [-0.39, 0.29) is 43.3 Å². The zero-order valence-corrected chi connectivity index (χ0v) is 43.6. The van der Waals surface area contributed by atoms with Crippen molar-refractivity contribution in [1.82, 2.24) is 0 Å². The Morgan fingerprint density at radius 3 is 0.946 bits per heavy atom. The van der Waals surface area contributed by atoms with Crippen LogP contribution in [0, 0.1) is 0 Å². The number of benzene rings is 11. The van der Waals surface area contributed by atoms with Gasteiger partial charge in [0.25, 0.3) is 0 Å². The molecule has 4 nitrogen and oxygen atoms in total. The molecule has 0 aromatic heterocycles. The van der Waals surface area contributed by atoms with Crippen molar-refractivity contribution < 1.29 is 0 Å². The Hall–Kier alpha value is -8.21. The van der Waals surface area contributed by atoms with Gasteiger partial charge in [-0.25, -0.2) is 0 Å². The van der Waals surface area contributed by atoms with Crippen molar-refractivity contribution in [3.05, 3.63) is 267 Å². The zero-order valence-electron chi connectivity index (χ0n) is 40.2. The minimum absolute atomic E-state index is 0.0322. The summed E-state index contributed by atoms with van der Waals surface area (Å²) in [4.78, 5) is 10.1. The van der Waals surface area contributed by atoms with E-state index in [0.717, 1.165) is 45.5 Å². The Labute approximate surface area is 445 Å². The molecule has 0 N–H and O–H groups in total. The molecule has 0 unspecified atom stereocenters. The van der Waals surface area contributed by atoms with Crippen LogP contribution in [0.25, 0.3) is 0 Å². The van der Waals surface area contributed by atoms with Gasteiger partial charge in [0.1, 0.15) is 0 Å². The third-order valence-corrected chi connectivity index (χ3v) is 19.9. The molecule has 0 saturated carbocycles. The molecule has 0 radical (unpaired) electrons. The predicted octanol–water partition coefficient (Wildman–Crippen LogP) is 9.16. The fraction of sp³-hybridized carbons (Fsp3) is 0. The van der Waals surface area contributed by atoms with Gasteiger partial charge in [-0.3, -0.25) is 0 Å². The standard InChI is InChI=1S/C66H44B2N4Se2/c1-7-23-45(24-8-1)69(46-25-9-2-10-26-46)51-39-59-65-63(41-51)73-61-37-21-19-35-53(61)67(65)55-43-56-58(44-57(55)71(59)49-31-15-5-16-32-49)72(50-33-17-6-18-34-50)60-40-52(42-64-66(60)68(56)54-36-20-22-38-62(54)74-64)70(47-27-11-3-12-28-47)48-29-13-4-14-30-48/h1-44H. The van der Waals surface area contributed by atoms with E-state index in [1.54, 1.807) is 0 Å². The third kappa shape index (κ3) is 6.98. The van der Waals surface area contributed by atoms with E-state index < -0.39 is 0 Å². The van der Waals surface area contributed by atoms with Gasteiger partial charge in [0.2, 0.25) is 0 Å². The summed E-state index contributed by atoms with van der Waals surface area (Å²) in [5.74, 6) is 0. The van der Waals surface area contributed by atoms with Crippen LogP contribution < -0.4 is 70.2 Å². The van der Waals surface area contributed by atoms with Crippen LogP contribution >= 0.6 is 0 Å². The van der Waals surface area contributed by atoms with Gasteiger partial charge in [0.05, 0.1) is 0 Å². The van der Waals surface area contributed by atoms with Crippen LogP contribution in [0.15, 0.2) is 267 Å². The Balaban J connectivity index is 1.03. The van der Waals surface area contributed by atoms with Gasteiger partial charge >= 0.3 is 449 Å². The monoisotopic (exact) mass is 1070 g/mol. The van der Waals surface area contributed by atoms with Crippen molar-refractivity contribution in [2.75, 3.05) is 19.6 Å². The maximum absolute atomic E-state index is 2.65. The van der Waals surface area contributed by atoms with Gasteiger partial charge in [-0.05, 0) is 0 Å². The first kappa shape index (κ1) is 43.4. The molecule has 0 aliphatic carbocycles. The molecule has 4 heterocycles. The quantitative estimate of drug-likeness (QED) is 0.141. The second-order valence-corrected chi connectivity index (χ2v) is 23.8. The van der Waals surface area contributed by atoms with E-state index in [9.17, 15) is 0 Å².